The summed E-state index contributed by atoms with van der Waals surface area (Å²) in [4.78, 5) is 12.5. The van der Waals surface area contributed by atoms with Crippen LogP contribution in [0.2, 0.25) is 0 Å². The van der Waals surface area contributed by atoms with E-state index in [-0.39, 0.29) is 11.3 Å². The molecule has 0 heterocycles. The molecule has 0 aliphatic carbocycles. The van der Waals surface area contributed by atoms with Crippen LogP contribution in [0.4, 0.5) is 13.2 Å². The molecule has 1 aromatic rings. The van der Waals surface area contributed by atoms with E-state index in [1.165, 1.54) is 13.0 Å². The average Bonchev–Trinajstić information content (AvgIpc) is 2.25. The number of rotatable bonds is 3. The summed E-state index contributed by atoms with van der Waals surface area (Å²) in [5, 5.41) is 0. The van der Waals surface area contributed by atoms with Crippen molar-refractivity contribution in [2.45, 2.75) is 46.3 Å². The van der Waals surface area contributed by atoms with E-state index in [2.05, 4.69) is 0 Å². The molecule has 0 aliphatic heterocycles. The van der Waals surface area contributed by atoms with Gasteiger partial charge in [0.05, 0.1) is 5.56 Å². The maximum absolute atomic E-state index is 12.6. The number of hydrogen-bond donors (Lipinski definition) is 1. The number of carbonyl (C=O) groups excluding carboxylic acids is 1. The molecule has 0 fully saturated rings. The number of ketones is 1. The highest BCUT2D eigenvalue weighted by atomic mass is 19.4. The first-order chi connectivity index (χ1) is 8.78. The van der Waals surface area contributed by atoms with Gasteiger partial charge in [-0.3, -0.25) is 4.79 Å². The third kappa shape index (κ3) is 3.03. The molecule has 0 spiro atoms. The van der Waals surface area contributed by atoms with Crippen LogP contribution in [-0.4, -0.2) is 11.3 Å². The van der Waals surface area contributed by atoms with Crippen molar-refractivity contribution in [3.05, 3.63) is 34.9 Å². The Bertz CT molecular complexity index is 525. The first-order valence-corrected chi connectivity index (χ1v) is 6.30. The summed E-state index contributed by atoms with van der Waals surface area (Å²) in [6.45, 7) is 8.36. The molecule has 0 aromatic heterocycles. The third-order valence-corrected chi connectivity index (χ3v) is 3.98. The first-order valence-electron chi connectivity index (χ1n) is 6.30. The zero-order valence-electron chi connectivity index (χ0n) is 12.4. The number of aryl methyl sites for hydroxylation is 1. The molecule has 0 unspecified atom stereocenters. The van der Waals surface area contributed by atoms with Crippen molar-refractivity contribution in [1.82, 2.24) is 0 Å². The van der Waals surface area contributed by atoms with Gasteiger partial charge in [0, 0.05) is 16.5 Å². The molecule has 2 N–H and O–H groups in total. The fourth-order valence-electron chi connectivity index (χ4n) is 1.72. The molecule has 0 saturated carbocycles. The van der Waals surface area contributed by atoms with Gasteiger partial charge in [-0.05, 0) is 38.5 Å². The lowest BCUT2D eigenvalue weighted by molar-refractivity contribution is -0.137. The zero-order valence-corrected chi connectivity index (χ0v) is 12.4. The lowest BCUT2D eigenvalue weighted by atomic mass is 9.70. The number of benzene rings is 1. The monoisotopic (exact) mass is 287 g/mol. The Hall–Kier alpha value is -1.36. The van der Waals surface area contributed by atoms with Crippen LogP contribution in [-0.2, 0) is 6.18 Å². The Labute approximate surface area is 117 Å². The predicted octanol–water partition coefficient (Wildman–Crippen LogP) is 3.96. The van der Waals surface area contributed by atoms with Crippen molar-refractivity contribution >= 4 is 5.78 Å². The van der Waals surface area contributed by atoms with Crippen molar-refractivity contribution in [2.24, 2.45) is 11.1 Å². The summed E-state index contributed by atoms with van der Waals surface area (Å²) in [5.41, 5.74) is 4.18. The van der Waals surface area contributed by atoms with Gasteiger partial charge in [-0.2, -0.15) is 13.2 Å². The maximum Gasteiger partial charge on any atom is 0.416 e. The van der Waals surface area contributed by atoms with Gasteiger partial charge >= 0.3 is 6.18 Å². The van der Waals surface area contributed by atoms with Crippen molar-refractivity contribution in [3.63, 3.8) is 0 Å². The number of hydrogen-bond acceptors (Lipinski definition) is 2. The number of alkyl halides is 3. The number of carbonyl (C=O) groups is 1. The fourth-order valence-corrected chi connectivity index (χ4v) is 1.72. The van der Waals surface area contributed by atoms with Crippen molar-refractivity contribution < 1.29 is 18.0 Å². The zero-order chi connectivity index (χ0) is 15.9. The lowest BCUT2D eigenvalue weighted by Gasteiger charge is -2.37. The van der Waals surface area contributed by atoms with Gasteiger partial charge in [0.1, 0.15) is 0 Å². The number of Topliss-reactive ketones (excluding diaryl/α,β-unsaturated/α-hetero) is 1. The number of halogens is 3. The Morgan fingerprint density at radius 3 is 1.95 bits per heavy atom. The van der Waals surface area contributed by atoms with Crippen LogP contribution in [0.25, 0.3) is 0 Å². The van der Waals surface area contributed by atoms with E-state index in [0.29, 0.717) is 5.56 Å². The summed E-state index contributed by atoms with van der Waals surface area (Å²) < 4.78 is 37.9. The van der Waals surface area contributed by atoms with Gasteiger partial charge in [-0.15, -0.1) is 0 Å². The standard InChI is InChI=1S/C15H20F3NO/c1-9-8-10(15(16,17)18)6-7-11(9)12(20)13(2,3)14(4,5)19/h6-8H,19H2,1-5H3. The van der Waals surface area contributed by atoms with Crippen LogP contribution >= 0.6 is 0 Å². The second kappa shape index (κ2) is 4.88. The molecular weight excluding hydrogens is 267 g/mol. The van der Waals surface area contributed by atoms with Crippen molar-refractivity contribution in [1.29, 1.82) is 0 Å². The summed E-state index contributed by atoms with van der Waals surface area (Å²) in [5.74, 6) is -0.253. The van der Waals surface area contributed by atoms with Gasteiger partial charge in [0.2, 0.25) is 0 Å². The molecule has 1 aromatic carbocycles. The van der Waals surface area contributed by atoms with E-state index in [1.807, 2.05) is 0 Å². The molecule has 0 atom stereocenters. The molecule has 2 nitrogen and oxygen atoms in total. The van der Waals surface area contributed by atoms with E-state index in [1.54, 1.807) is 27.7 Å². The SMILES string of the molecule is Cc1cc(C(F)(F)F)ccc1C(=O)C(C)(C)C(C)(C)N. The molecule has 112 valence electrons. The Balaban J connectivity index is 3.27. The normalized spacial score (nSPS) is 13.4. The first kappa shape index (κ1) is 16.7. The Morgan fingerprint density at radius 1 is 1.10 bits per heavy atom. The van der Waals surface area contributed by atoms with E-state index in [9.17, 15) is 18.0 Å². The minimum atomic E-state index is -4.41. The predicted molar refractivity (Wildman–Crippen MR) is 72.6 cm³/mol. The largest absolute Gasteiger partial charge is 0.416 e. The van der Waals surface area contributed by atoms with Crippen LogP contribution < -0.4 is 5.73 Å². The van der Waals surface area contributed by atoms with Crippen LogP contribution in [0.3, 0.4) is 0 Å². The molecule has 0 saturated heterocycles. The minimum Gasteiger partial charge on any atom is -0.325 e. The molecule has 0 amide bonds. The smallest absolute Gasteiger partial charge is 0.325 e. The van der Waals surface area contributed by atoms with Crippen LogP contribution in [0.15, 0.2) is 18.2 Å². The van der Waals surface area contributed by atoms with Gasteiger partial charge in [-0.25, -0.2) is 0 Å². The minimum absolute atomic E-state index is 0.253. The highest BCUT2D eigenvalue weighted by molar-refractivity contribution is 6.02. The molecule has 1 rings (SSSR count). The van der Waals surface area contributed by atoms with Gasteiger partial charge in [0.25, 0.3) is 0 Å². The molecule has 0 radical (unpaired) electrons. The van der Waals surface area contributed by atoms with E-state index in [4.69, 9.17) is 5.73 Å². The van der Waals surface area contributed by atoms with E-state index < -0.39 is 22.7 Å². The lowest BCUT2D eigenvalue weighted by Crippen LogP contribution is -2.52. The quantitative estimate of drug-likeness (QED) is 0.855. The average molecular weight is 287 g/mol. The molecule has 0 aliphatic rings. The van der Waals surface area contributed by atoms with Crippen LogP contribution in [0.1, 0.15) is 49.2 Å². The van der Waals surface area contributed by atoms with Gasteiger partial charge in [-0.1, -0.05) is 19.9 Å². The highest BCUT2D eigenvalue weighted by Crippen LogP contribution is 2.35. The van der Waals surface area contributed by atoms with Crippen molar-refractivity contribution in [2.75, 3.05) is 0 Å². The highest BCUT2D eigenvalue weighted by Gasteiger charge is 2.41. The van der Waals surface area contributed by atoms with E-state index >= 15 is 0 Å². The van der Waals surface area contributed by atoms with E-state index in [0.717, 1.165) is 12.1 Å². The topological polar surface area (TPSA) is 43.1 Å². The molecular formula is C15H20F3NO. The van der Waals surface area contributed by atoms with Crippen LogP contribution in [0.5, 0.6) is 0 Å². The maximum atomic E-state index is 12.6. The van der Waals surface area contributed by atoms with Crippen LogP contribution in [0, 0.1) is 12.3 Å². The second-order valence-corrected chi connectivity index (χ2v) is 6.20. The van der Waals surface area contributed by atoms with Gasteiger partial charge in [0.15, 0.2) is 5.78 Å². The third-order valence-electron chi connectivity index (χ3n) is 3.98. The molecule has 20 heavy (non-hydrogen) atoms. The second-order valence-electron chi connectivity index (χ2n) is 6.20. The Morgan fingerprint density at radius 2 is 1.60 bits per heavy atom. The Kier molecular flexibility index (Phi) is 4.07. The summed E-state index contributed by atoms with van der Waals surface area (Å²) >= 11 is 0. The fraction of sp³-hybridized carbons (Fsp3) is 0.533. The van der Waals surface area contributed by atoms with Crippen molar-refractivity contribution in [3.8, 4) is 0 Å². The molecule has 0 bridgehead atoms. The summed E-state index contributed by atoms with van der Waals surface area (Å²) in [6, 6.07) is 3.15. The van der Waals surface area contributed by atoms with Gasteiger partial charge < -0.3 is 5.73 Å². The summed E-state index contributed by atoms with van der Waals surface area (Å²) in [6.07, 6.45) is -4.41. The molecule has 5 heteroatoms. The number of nitrogens with two attached hydrogens (primary N) is 1. The summed E-state index contributed by atoms with van der Waals surface area (Å²) in [7, 11) is 0.